The van der Waals surface area contributed by atoms with Crippen LogP contribution in [0.2, 0.25) is 0 Å². The van der Waals surface area contributed by atoms with Crippen LogP contribution in [0.5, 0.6) is 0 Å². The number of benzene rings is 1. The van der Waals surface area contributed by atoms with Crippen molar-refractivity contribution in [3.05, 3.63) is 63.7 Å². The Morgan fingerprint density at radius 1 is 1.18 bits per heavy atom. The second-order valence-corrected chi connectivity index (χ2v) is 6.58. The van der Waals surface area contributed by atoms with Crippen molar-refractivity contribution in [3.8, 4) is 11.3 Å². The van der Waals surface area contributed by atoms with Crippen LogP contribution in [0.4, 0.5) is 5.13 Å². The summed E-state index contributed by atoms with van der Waals surface area (Å²) in [6.45, 7) is 2.05. The van der Waals surface area contributed by atoms with Gasteiger partial charge in [-0.25, -0.2) is 4.98 Å². The van der Waals surface area contributed by atoms with Gasteiger partial charge in [0.05, 0.1) is 5.69 Å². The molecular weight excluding hydrogens is 312 g/mol. The zero-order chi connectivity index (χ0) is 15.4. The van der Waals surface area contributed by atoms with Crippen molar-refractivity contribution in [1.82, 2.24) is 4.98 Å². The largest absolute Gasteiger partial charge is 0.298 e. The molecule has 3 rings (SSSR count). The Morgan fingerprint density at radius 3 is 2.73 bits per heavy atom. The van der Waals surface area contributed by atoms with Crippen LogP contribution in [-0.2, 0) is 4.79 Å². The van der Waals surface area contributed by atoms with Gasteiger partial charge in [0.2, 0.25) is 5.91 Å². The van der Waals surface area contributed by atoms with E-state index in [1.807, 2.05) is 35.0 Å². The summed E-state index contributed by atoms with van der Waals surface area (Å²) in [6.07, 6.45) is 3.33. The molecule has 0 aliphatic heterocycles. The molecule has 1 N–H and O–H groups in total. The van der Waals surface area contributed by atoms with Gasteiger partial charge in [-0.2, -0.15) is 0 Å². The number of anilines is 1. The van der Waals surface area contributed by atoms with E-state index in [0.29, 0.717) is 5.13 Å². The quantitative estimate of drug-likeness (QED) is 0.698. The number of rotatable bonds is 4. The van der Waals surface area contributed by atoms with E-state index in [1.165, 1.54) is 23.0 Å². The number of hydrogen-bond donors (Lipinski definition) is 1. The van der Waals surface area contributed by atoms with Crippen LogP contribution in [0.15, 0.2) is 53.2 Å². The molecule has 0 fully saturated rings. The molecule has 0 aliphatic carbocycles. The molecule has 3 nitrogen and oxygen atoms in total. The smallest absolute Gasteiger partial charge is 0.250 e. The normalized spacial score (nSPS) is 11.0. The molecule has 2 heterocycles. The summed E-state index contributed by atoms with van der Waals surface area (Å²) in [7, 11) is 0. The van der Waals surface area contributed by atoms with Crippen molar-refractivity contribution in [3.63, 3.8) is 0 Å². The minimum atomic E-state index is -0.168. The number of amides is 1. The van der Waals surface area contributed by atoms with Crippen molar-refractivity contribution < 1.29 is 4.79 Å². The van der Waals surface area contributed by atoms with E-state index in [2.05, 4.69) is 29.4 Å². The molecule has 110 valence electrons. The Hall–Kier alpha value is -2.24. The van der Waals surface area contributed by atoms with Crippen LogP contribution in [0.3, 0.4) is 0 Å². The second-order valence-electron chi connectivity index (χ2n) is 4.74. The van der Waals surface area contributed by atoms with Gasteiger partial charge in [-0.05, 0) is 24.4 Å². The van der Waals surface area contributed by atoms with E-state index < -0.39 is 0 Å². The predicted molar refractivity (Wildman–Crippen MR) is 94.3 cm³/mol. The number of aryl methyl sites for hydroxylation is 1. The maximum absolute atomic E-state index is 11.9. The van der Waals surface area contributed by atoms with E-state index >= 15 is 0 Å². The number of nitrogens with one attached hydrogen (secondary N) is 1. The van der Waals surface area contributed by atoms with E-state index in [-0.39, 0.29) is 5.91 Å². The number of carbonyl (C=O) groups is 1. The van der Waals surface area contributed by atoms with Gasteiger partial charge in [-0.1, -0.05) is 35.9 Å². The number of hydrogen-bond acceptors (Lipinski definition) is 4. The summed E-state index contributed by atoms with van der Waals surface area (Å²) >= 11 is 3.02. The first-order chi connectivity index (χ1) is 10.7. The third-order valence-corrected chi connectivity index (χ3v) is 4.62. The summed E-state index contributed by atoms with van der Waals surface area (Å²) in [5, 5.41) is 7.33. The summed E-state index contributed by atoms with van der Waals surface area (Å²) in [4.78, 5) is 17.4. The van der Waals surface area contributed by atoms with Gasteiger partial charge in [0.25, 0.3) is 0 Å². The van der Waals surface area contributed by atoms with Crippen molar-refractivity contribution >= 4 is 39.8 Å². The van der Waals surface area contributed by atoms with E-state index in [0.717, 1.165) is 16.1 Å². The number of nitrogens with zero attached hydrogens (tertiary/aromatic N) is 1. The summed E-state index contributed by atoms with van der Waals surface area (Å²) < 4.78 is 0. The Balaban J connectivity index is 1.66. The lowest BCUT2D eigenvalue weighted by Crippen LogP contribution is -2.07. The fourth-order valence-electron chi connectivity index (χ4n) is 1.88. The first-order valence-electron chi connectivity index (χ1n) is 6.76. The molecule has 0 spiro atoms. The maximum Gasteiger partial charge on any atom is 0.250 e. The number of carbonyl (C=O) groups excluding carboxylic acids is 1. The molecule has 3 aromatic rings. The summed E-state index contributed by atoms with van der Waals surface area (Å²) in [6, 6.07) is 12.1. The van der Waals surface area contributed by atoms with Crippen molar-refractivity contribution in [2.75, 3.05) is 5.32 Å². The molecule has 2 aromatic heterocycles. The molecule has 0 unspecified atom stereocenters. The molecular formula is C17H14N2OS2. The van der Waals surface area contributed by atoms with Gasteiger partial charge in [0, 0.05) is 21.9 Å². The third-order valence-electron chi connectivity index (χ3n) is 3.02. The first-order valence-corrected chi connectivity index (χ1v) is 8.52. The van der Waals surface area contributed by atoms with Gasteiger partial charge in [-0.15, -0.1) is 22.7 Å². The van der Waals surface area contributed by atoms with Crippen LogP contribution in [-0.4, -0.2) is 10.9 Å². The standard InChI is InChI=1S/C17H14N2OS2/c1-12-4-6-13(7-5-12)15-11-22-17(18-15)19-16(20)9-8-14-3-2-10-21-14/h2-11H,1H3,(H,18,19,20). The molecule has 0 saturated carbocycles. The van der Waals surface area contributed by atoms with E-state index in [1.54, 1.807) is 17.4 Å². The van der Waals surface area contributed by atoms with Crippen LogP contribution in [0.25, 0.3) is 17.3 Å². The Kier molecular flexibility index (Phi) is 4.46. The molecule has 5 heteroatoms. The highest BCUT2D eigenvalue weighted by molar-refractivity contribution is 7.14. The summed E-state index contributed by atoms with van der Waals surface area (Å²) in [5.41, 5.74) is 3.14. The highest BCUT2D eigenvalue weighted by atomic mass is 32.1. The van der Waals surface area contributed by atoms with Crippen LogP contribution < -0.4 is 5.32 Å². The zero-order valence-electron chi connectivity index (χ0n) is 11.9. The van der Waals surface area contributed by atoms with E-state index in [9.17, 15) is 4.79 Å². The minimum absolute atomic E-state index is 0.168. The highest BCUT2D eigenvalue weighted by Gasteiger charge is 2.06. The maximum atomic E-state index is 11.9. The highest BCUT2D eigenvalue weighted by Crippen LogP contribution is 2.25. The lowest BCUT2D eigenvalue weighted by Gasteiger charge is -1.98. The van der Waals surface area contributed by atoms with Gasteiger partial charge in [-0.3, -0.25) is 10.1 Å². The Morgan fingerprint density at radius 2 is 2.00 bits per heavy atom. The Bertz CT molecular complexity index is 786. The molecule has 0 atom stereocenters. The molecule has 1 amide bonds. The number of thiophene rings is 1. The molecule has 0 aliphatic rings. The Labute approximate surface area is 137 Å². The minimum Gasteiger partial charge on any atom is -0.298 e. The van der Waals surface area contributed by atoms with E-state index in [4.69, 9.17) is 0 Å². The van der Waals surface area contributed by atoms with Crippen LogP contribution in [0, 0.1) is 6.92 Å². The number of aromatic nitrogens is 1. The summed E-state index contributed by atoms with van der Waals surface area (Å²) in [5.74, 6) is -0.168. The third kappa shape index (κ3) is 3.69. The topological polar surface area (TPSA) is 42.0 Å². The molecule has 0 saturated heterocycles. The molecule has 1 aromatic carbocycles. The fraction of sp³-hybridized carbons (Fsp3) is 0.0588. The SMILES string of the molecule is Cc1ccc(-c2csc(NC(=O)C=Cc3cccs3)n2)cc1. The predicted octanol–water partition coefficient (Wildman–Crippen LogP) is 4.83. The van der Waals surface area contributed by atoms with Crippen molar-refractivity contribution in [1.29, 1.82) is 0 Å². The number of thiazole rings is 1. The lowest BCUT2D eigenvalue weighted by atomic mass is 10.1. The van der Waals surface area contributed by atoms with Gasteiger partial charge < -0.3 is 0 Å². The average Bonchev–Trinajstić information content (AvgIpc) is 3.17. The van der Waals surface area contributed by atoms with Gasteiger partial charge >= 0.3 is 0 Å². The fourth-order valence-corrected chi connectivity index (χ4v) is 3.22. The van der Waals surface area contributed by atoms with Crippen LogP contribution >= 0.6 is 22.7 Å². The van der Waals surface area contributed by atoms with Crippen molar-refractivity contribution in [2.24, 2.45) is 0 Å². The second kappa shape index (κ2) is 6.68. The monoisotopic (exact) mass is 326 g/mol. The first kappa shape index (κ1) is 14.7. The van der Waals surface area contributed by atoms with Crippen molar-refractivity contribution in [2.45, 2.75) is 6.92 Å². The van der Waals surface area contributed by atoms with Crippen LogP contribution in [0.1, 0.15) is 10.4 Å². The zero-order valence-corrected chi connectivity index (χ0v) is 13.6. The molecule has 0 bridgehead atoms. The van der Waals surface area contributed by atoms with Gasteiger partial charge in [0.15, 0.2) is 5.13 Å². The molecule has 0 radical (unpaired) electrons. The average molecular weight is 326 g/mol. The van der Waals surface area contributed by atoms with Gasteiger partial charge in [0.1, 0.15) is 0 Å². The molecule has 22 heavy (non-hydrogen) atoms. The lowest BCUT2D eigenvalue weighted by molar-refractivity contribution is -0.111.